The summed E-state index contributed by atoms with van der Waals surface area (Å²) in [5.41, 5.74) is 2.20. The van der Waals surface area contributed by atoms with Gasteiger partial charge < -0.3 is 24.3 Å². The van der Waals surface area contributed by atoms with E-state index in [1.54, 1.807) is 28.4 Å². The Labute approximate surface area is 161 Å². The normalized spacial score (nSPS) is 15.9. The highest BCUT2D eigenvalue weighted by molar-refractivity contribution is 5.53. The minimum atomic E-state index is 0.0250. The third-order valence-corrected chi connectivity index (χ3v) is 4.97. The molecule has 1 atom stereocenters. The Balaban J connectivity index is 2.13. The van der Waals surface area contributed by atoms with Gasteiger partial charge in [-0.2, -0.15) is 0 Å². The number of ether oxygens (including phenoxy) is 4. The number of benzene rings is 2. The maximum atomic E-state index is 5.74. The largest absolute Gasteiger partial charge is 0.493 e. The number of para-hydroxylation sites is 1. The third-order valence-electron chi connectivity index (χ3n) is 4.97. The smallest absolute Gasteiger partial charge is 0.165 e. The molecular weight excluding hydrogens is 344 g/mol. The molecule has 6 nitrogen and oxygen atoms in total. The van der Waals surface area contributed by atoms with Crippen molar-refractivity contribution < 1.29 is 18.9 Å². The molecule has 1 heterocycles. The molecule has 1 aliphatic heterocycles. The third kappa shape index (κ3) is 3.96. The van der Waals surface area contributed by atoms with Crippen LogP contribution in [-0.2, 0) is 0 Å². The van der Waals surface area contributed by atoms with E-state index in [9.17, 15) is 0 Å². The van der Waals surface area contributed by atoms with Crippen molar-refractivity contribution in [3.05, 3.63) is 47.5 Å². The molecular formula is C21H28N2O4. The first kappa shape index (κ1) is 19.3. The van der Waals surface area contributed by atoms with Gasteiger partial charge in [-0.25, -0.2) is 0 Å². The highest BCUT2D eigenvalue weighted by Gasteiger charge is 2.28. The van der Waals surface area contributed by atoms with Crippen LogP contribution in [0.1, 0.15) is 17.2 Å². The fraction of sp³-hybridized carbons (Fsp3) is 0.429. The number of nitrogens with zero attached hydrogens (tertiary/aromatic N) is 1. The van der Waals surface area contributed by atoms with Gasteiger partial charge in [0.05, 0.1) is 34.5 Å². The molecule has 146 valence electrons. The first-order valence-corrected chi connectivity index (χ1v) is 9.11. The Kier molecular flexibility index (Phi) is 6.42. The van der Waals surface area contributed by atoms with E-state index in [4.69, 9.17) is 18.9 Å². The van der Waals surface area contributed by atoms with Gasteiger partial charge in [0.15, 0.2) is 23.0 Å². The number of methoxy groups -OCH3 is 4. The van der Waals surface area contributed by atoms with Gasteiger partial charge in [0.2, 0.25) is 0 Å². The molecule has 0 spiro atoms. The van der Waals surface area contributed by atoms with Crippen LogP contribution in [0.4, 0.5) is 0 Å². The molecule has 1 N–H and O–H groups in total. The molecule has 0 bridgehead atoms. The van der Waals surface area contributed by atoms with Gasteiger partial charge in [-0.1, -0.05) is 18.2 Å². The molecule has 1 unspecified atom stereocenters. The van der Waals surface area contributed by atoms with Gasteiger partial charge in [-0.05, 0) is 23.8 Å². The van der Waals surface area contributed by atoms with Gasteiger partial charge in [-0.15, -0.1) is 0 Å². The van der Waals surface area contributed by atoms with Crippen molar-refractivity contribution >= 4 is 0 Å². The topological polar surface area (TPSA) is 52.2 Å². The molecule has 2 aromatic rings. The van der Waals surface area contributed by atoms with Crippen LogP contribution in [0.2, 0.25) is 0 Å². The van der Waals surface area contributed by atoms with E-state index in [2.05, 4.69) is 22.3 Å². The van der Waals surface area contributed by atoms with E-state index in [1.807, 2.05) is 24.3 Å². The van der Waals surface area contributed by atoms with Crippen LogP contribution in [0.5, 0.6) is 23.0 Å². The molecule has 0 radical (unpaired) electrons. The van der Waals surface area contributed by atoms with Crippen molar-refractivity contribution in [1.29, 1.82) is 0 Å². The summed E-state index contributed by atoms with van der Waals surface area (Å²) in [6.07, 6.45) is 0. The number of rotatable bonds is 7. The maximum Gasteiger partial charge on any atom is 0.165 e. The minimum absolute atomic E-state index is 0.0250. The van der Waals surface area contributed by atoms with E-state index >= 15 is 0 Å². The predicted octanol–water partition coefficient (Wildman–Crippen LogP) is 2.72. The molecule has 1 saturated heterocycles. The molecule has 27 heavy (non-hydrogen) atoms. The summed E-state index contributed by atoms with van der Waals surface area (Å²) in [6, 6.07) is 12.1. The number of hydrogen-bond donors (Lipinski definition) is 1. The van der Waals surface area contributed by atoms with Crippen molar-refractivity contribution in [2.45, 2.75) is 6.04 Å². The van der Waals surface area contributed by atoms with E-state index in [0.717, 1.165) is 60.3 Å². The summed E-state index contributed by atoms with van der Waals surface area (Å²) < 4.78 is 22.2. The van der Waals surface area contributed by atoms with Crippen molar-refractivity contribution in [2.75, 3.05) is 54.6 Å². The van der Waals surface area contributed by atoms with Gasteiger partial charge in [0.1, 0.15) is 0 Å². The first-order valence-electron chi connectivity index (χ1n) is 9.11. The number of hydrogen-bond acceptors (Lipinski definition) is 6. The van der Waals surface area contributed by atoms with Crippen molar-refractivity contribution in [3.8, 4) is 23.0 Å². The second-order valence-corrected chi connectivity index (χ2v) is 6.39. The first-order chi connectivity index (χ1) is 13.2. The van der Waals surface area contributed by atoms with Gasteiger partial charge in [0.25, 0.3) is 0 Å². The minimum Gasteiger partial charge on any atom is -0.493 e. The van der Waals surface area contributed by atoms with Crippen LogP contribution in [0.3, 0.4) is 0 Å². The molecule has 0 amide bonds. The zero-order valence-corrected chi connectivity index (χ0v) is 16.5. The summed E-state index contributed by atoms with van der Waals surface area (Å²) in [6.45, 7) is 3.80. The second kappa shape index (κ2) is 8.97. The van der Waals surface area contributed by atoms with Crippen molar-refractivity contribution in [2.24, 2.45) is 0 Å². The Morgan fingerprint density at radius 2 is 1.52 bits per heavy atom. The number of piperazine rings is 1. The van der Waals surface area contributed by atoms with Gasteiger partial charge in [0, 0.05) is 31.7 Å². The lowest BCUT2D eigenvalue weighted by Gasteiger charge is -2.36. The molecule has 2 aromatic carbocycles. The van der Waals surface area contributed by atoms with Crippen LogP contribution in [0.15, 0.2) is 36.4 Å². The summed E-state index contributed by atoms with van der Waals surface area (Å²) in [4.78, 5) is 2.45. The average Bonchev–Trinajstić information content (AvgIpc) is 2.74. The van der Waals surface area contributed by atoms with E-state index in [-0.39, 0.29) is 6.04 Å². The van der Waals surface area contributed by atoms with Crippen LogP contribution < -0.4 is 24.3 Å². The molecule has 0 aromatic heterocycles. The summed E-state index contributed by atoms with van der Waals surface area (Å²) in [5.74, 6) is 2.93. The zero-order valence-electron chi connectivity index (χ0n) is 16.5. The molecule has 6 heteroatoms. The van der Waals surface area contributed by atoms with Crippen LogP contribution in [0, 0.1) is 0 Å². The lowest BCUT2D eigenvalue weighted by molar-refractivity contribution is 0.194. The Hall–Kier alpha value is -2.44. The fourth-order valence-electron chi connectivity index (χ4n) is 3.68. The quantitative estimate of drug-likeness (QED) is 0.807. The summed E-state index contributed by atoms with van der Waals surface area (Å²) in [5, 5.41) is 3.42. The van der Waals surface area contributed by atoms with Crippen molar-refractivity contribution in [3.63, 3.8) is 0 Å². The Morgan fingerprint density at radius 3 is 2.15 bits per heavy atom. The molecule has 0 aliphatic carbocycles. The summed E-state index contributed by atoms with van der Waals surface area (Å²) >= 11 is 0. The van der Waals surface area contributed by atoms with Crippen LogP contribution >= 0.6 is 0 Å². The molecule has 3 rings (SSSR count). The average molecular weight is 372 g/mol. The highest BCUT2D eigenvalue weighted by atomic mass is 16.5. The molecule has 1 aliphatic rings. The maximum absolute atomic E-state index is 5.74. The second-order valence-electron chi connectivity index (χ2n) is 6.39. The molecule has 1 fully saturated rings. The zero-order chi connectivity index (χ0) is 19.2. The lowest BCUT2D eigenvalue weighted by atomic mass is 9.94. The van der Waals surface area contributed by atoms with Gasteiger partial charge in [-0.3, -0.25) is 4.90 Å². The monoisotopic (exact) mass is 372 g/mol. The Bertz CT molecular complexity index is 760. The Morgan fingerprint density at radius 1 is 0.815 bits per heavy atom. The standard InChI is InChI=1S/C21H28N2O4/c1-24-17-9-8-15(14-19(17)26-3)20(23-12-10-22-11-13-23)16-6-5-7-18(25-2)21(16)27-4/h5-9,14,20,22H,10-13H2,1-4H3. The van der Waals surface area contributed by atoms with Gasteiger partial charge >= 0.3 is 0 Å². The predicted molar refractivity (Wildman–Crippen MR) is 105 cm³/mol. The van der Waals surface area contributed by atoms with E-state index < -0.39 is 0 Å². The number of nitrogens with one attached hydrogen (secondary N) is 1. The van der Waals surface area contributed by atoms with Crippen molar-refractivity contribution in [1.82, 2.24) is 10.2 Å². The van der Waals surface area contributed by atoms with E-state index in [0.29, 0.717) is 0 Å². The SMILES string of the molecule is COc1ccc(C(c2cccc(OC)c2OC)N2CCNCC2)cc1OC. The van der Waals surface area contributed by atoms with E-state index in [1.165, 1.54) is 0 Å². The lowest BCUT2D eigenvalue weighted by Crippen LogP contribution is -2.45. The van der Waals surface area contributed by atoms with Crippen LogP contribution in [0.25, 0.3) is 0 Å². The molecule has 0 saturated carbocycles. The van der Waals surface area contributed by atoms with Crippen LogP contribution in [-0.4, -0.2) is 59.5 Å². The summed E-state index contributed by atoms with van der Waals surface area (Å²) in [7, 11) is 6.66. The highest BCUT2D eigenvalue weighted by Crippen LogP contribution is 2.42. The fourth-order valence-corrected chi connectivity index (χ4v) is 3.68.